The van der Waals surface area contributed by atoms with Crippen molar-refractivity contribution in [3.63, 3.8) is 0 Å². The fourth-order valence-corrected chi connectivity index (χ4v) is 4.53. The highest BCUT2D eigenvalue weighted by molar-refractivity contribution is 5.82. The maximum atomic E-state index is 13.1. The molecule has 3 aromatic heterocycles. The van der Waals surface area contributed by atoms with Crippen molar-refractivity contribution in [2.75, 3.05) is 25.5 Å². The molecule has 8 heteroatoms. The highest BCUT2D eigenvalue weighted by atomic mass is 16.5. The molecule has 0 spiro atoms. The van der Waals surface area contributed by atoms with E-state index in [1.165, 1.54) is 0 Å². The summed E-state index contributed by atoms with van der Waals surface area (Å²) in [6.07, 6.45) is 5.28. The van der Waals surface area contributed by atoms with Gasteiger partial charge in [-0.2, -0.15) is 5.10 Å². The molecule has 0 unspecified atom stereocenters. The minimum Gasteiger partial charge on any atom is -0.367 e. The topological polar surface area (TPSA) is 87.5 Å². The van der Waals surface area contributed by atoms with E-state index < -0.39 is 6.10 Å². The summed E-state index contributed by atoms with van der Waals surface area (Å²) in [5.74, 6) is 1.82. The second-order valence-corrected chi connectivity index (χ2v) is 8.50. The van der Waals surface area contributed by atoms with Crippen LogP contribution in [-0.2, 0) is 9.53 Å². The maximum absolute atomic E-state index is 13.1. The lowest BCUT2D eigenvalue weighted by Crippen LogP contribution is -2.41. The number of H-pyrrole nitrogens is 1. The van der Waals surface area contributed by atoms with Crippen molar-refractivity contribution in [2.24, 2.45) is 0 Å². The van der Waals surface area contributed by atoms with Gasteiger partial charge in [-0.25, -0.2) is 4.98 Å². The first kappa shape index (κ1) is 21.2. The maximum Gasteiger partial charge on any atom is 0.256 e. The third kappa shape index (κ3) is 4.34. The van der Waals surface area contributed by atoms with Crippen molar-refractivity contribution in [2.45, 2.75) is 31.8 Å². The Bertz CT molecular complexity index is 1240. The molecule has 0 bridgehead atoms. The lowest BCUT2D eigenvalue weighted by Gasteiger charge is -2.34. The fraction of sp³-hybridized carbons (Fsp3) is 0.320. The van der Waals surface area contributed by atoms with Crippen LogP contribution in [0.25, 0.3) is 5.52 Å². The highest BCUT2D eigenvalue weighted by Gasteiger charge is 2.30. The van der Waals surface area contributed by atoms with Gasteiger partial charge in [0.15, 0.2) is 17.7 Å². The molecule has 2 N–H and O–H groups in total. The van der Waals surface area contributed by atoms with Gasteiger partial charge in [-0.05, 0) is 37.5 Å². The van der Waals surface area contributed by atoms with Gasteiger partial charge in [-0.1, -0.05) is 30.3 Å². The molecule has 1 aliphatic rings. The number of fused-ring (bicyclic) bond motifs is 1. The normalized spacial score (nSPS) is 15.6. The lowest BCUT2D eigenvalue weighted by molar-refractivity contribution is -0.143. The Kier molecular flexibility index (Phi) is 5.83. The van der Waals surface area contributed by atoms with Crippen LogP contribution < -0.4 is 5.32 Å². The third-order valence-electron chi connectivity index (χ3n) is 6.27. The second kappa shape index (κ2) is 9.07. The van der Waals surface area contributed by atoms with E-state index in [1.807, 2.05) is 66.6 Å². The number of methoxy groups -OCH3 is 1. The minimum atomic E-state index is -0.565. The zero-order valence-corrected chi connectivity index (χ0v) is 18.9. The van der Waals surface area contributed by atoms with Gasteiger partial charge in [0.2, 0.25) is 0 Å². The summed E-state index contributed by atoms with van der Waals surface area (Å²) >= 11 is 0. The third-order valence-corrected chi connectivity index (χ3v) is 6.27. The van der Waals surface area contributed by atoms with Gasteiger partial charge in [0, 0.05) is 50.3 Å². The zero-order valence-electron chi connectivity index (χ0n) is 18.9. The van der Waals surface area contributed by atoms with Crippen LogP contribution in [0.15, 0.2) is 60.9 Å². The first-order valence-corrected chi connectivity index (χ1v) is 11.3. The van der Waals surface area contributed by atoms with Crippen LogP contribution in [-0.4, -0.2) is 50.6 Å². The van der Waals surface area contributed by atoms with Crippen LogP contribution in [0, 0.1) is 6.92 Å². The van der Waals surface area contributed by atoms with Crippen molar-refractivity contribution >= 4 is 23.1 Å². The number of benzene rings is 1. The van der Waals surface area contributed by atoms with E-state index in [2.05, 4.69) is 26.1 Å². The smallest absolute Gasteiger partial charge is 0.256 e. The number of nitrogens with zero attached hydrogens (tertiary/aromatic N) is 4. The van der Waals surface area contributed by atoms with Crippen LogP contribution >= 0.6 is 0 Å². The van der Waals surface area contributed by atoms with E-state index in [-0.39, 0.29) is 11.8 Å². The van der Waals surface area contributed by atoms with E-state index >= 15 is 0 Å². The van der Waals surface area contributed by atoms with Gasteiger partial charge in [0.25, 0.3) is 5.91 Å². The lowest BCUT2D eigenvalue weighted by atomic mass is 9.93. The summed E-state index contributed by atoms with van der Waals surface area (Å²) in [6.45, 7) is 3.34. The molecule has 0 aliphatic carbocycles. The summed E-state index contributed by atoms with van der Waals surface area (Å²) in [5.41, 5.74) is 3.89. The molecular weight excluding hydrogens is 416 g/mol. The van der Waals surface area contributed by atoms with Crippen LogP contribution in [0.5, 0.6) is 0 Å². The van der Waals surface area contributed by atoms with Crippen molar-refractivity contribution in [3.8, 4) is 0 Å². The Balaban J connectivity index is 1.31. The number of anilines is 2. The molecule has 0 radical (unpaired) electrons. The number of piperidine rings is 1. The van der Waals surface area contributed by atoms with Crippen molar-refractivity contribution in [1.82, 2.24) is 24.5 Å². The van der Waals surface area contributed by atoms with Crippen LogP contribution in [0.3, 0.4) is 0 Å². The zero-order chi connectivity index (χ0) is 22.8. The van der Waals surface area contributed by atoms with Crippen LogP contribution in [0.4, 0.5) is 11.6 Å². The Morgan fingerprint density at radius 3 is 2.67 bits per heavy atom. The number of hydrogen-bond acceptors (Lipinski definition) is 5. The number of nitrogens with one attached hydrogen (secondary N) is 2. The monoisotopic (exact) mass is 444 g/mol. The van der Waals surface area contributed by atoms with Crippen molar-refractivity contribution < 1.29 is 9.53 Å². The number of likely N-dealkylation sites (tertiary alicyclic amines) is 1. The summed E-state index contributed by atoms with van der Waals surface area (Å²) in [7, 11) is 1.59. The predicted octanol–water partition coefficient (Wildman–Crippen LogP) is 4.20. The molecule has 170 valence electrons. The average molecular weight is 445 g/mol. The Morgan fingerprint density at radius 2 is 1.97 bits per heavy atom. The van der Waals surface area contributed by atoms with Gasteiger partial charge in [0.1, 0.15) is 0 Å². The Morgan fingerprint density at radius 1 is 1.18 bits per heavy atom. The van der Waals surface area contributed by atoms with Crippen molar-refractivity contribution in [1.29, 1.82) is 0 Å². The van der Waals surface area contributed by atoms with E-state index in [1.54, 1.807) is 7.11 Å². The molecule has 33 heavy (non-hydrogen) atoms. The fourth-order valence-electron chi connectivity index (χ4n) is 4.53. The van der Waals surface area contributed by atoms with Crippen molar-refractivity contribution in [3.05, 3.63) is 77.9 Å². The van der Waals surface area contributed by atoms with Crippen LogP contribution in [0.1, 0.15) is 41.8 Å². The van der Waals surface area contributed by atoms with Gasteiger partial charge in [-0.15, -0.1) is 0 Å². The number of carbonyl (C=O) groups is 1. The largest absolute Gasteiger partial charge is 0.367 e. The number of hydrogen-bond donors (Lipinski definition) is 2. The molecule has 5 rings (SSSR count). The van der Waals surface area contributed by atoms with Gasteiger partial charge >= 0.3 is 0 Å². The van der Waals surface area contributed by atoms with Gasteiger partial charge < -0.3 is 19.4 Å². The van der Waals surface area contributed by atoms with E-state index in [0.29, 0.717) is 13.1 Å². The molecule has 8 nitrogen and oxygen atoms in total. The number of carbonyl (C=O) groups excluding carboxylic acids is 1. The number of aryl methyl sites for hydroxylation is 1. The molecule has 1 fully saturated rings. The molecule has 1 atom stereocenters. The van der Waals surface area contributed by atoms with E-state index in [0.717, 1.165) is 46.9 Å². The number of aromatic amines is 1. The van der Waals surface area contributed by atoms with E-state index in [4.69, 9.17) is 9.72 Å². The Labute approximate surface area is 192 Å². The summed E-state index contributed by atoms with van der Waals surface area (Å²) < 4.78 is 7.65. The SMILES string of the molecule is CO[C@H](C(=O)N1CCC(c2cn3cccc3c(Nc3cc(C)[nH]n3)n2)CC1)c1ccccc1. The summed E-state index contributed by atoms with van der Waals surface area (Å²) in [6, 6.07) is 15.7. The molecule has 4 heterocycles. The first-order chi connectivity index (χ1) is 16.1. The summed E-state index contributed by atoms with van der Waals surface area (Å²) in [4.78, 5) is 20.0. The van der Waals surface area contributed by atoms with E-state index in [9.17, 15) is 4.79 Å². The standard InChI is InChI=1S/C25H28N6O2/c1-17-15-22(29-28-17)27-24-21-9-6-12-31(21)16-20(26-24)18-10-13-30(14-11-18)25(32)23(33-2)19-7-4-3-5-8-19/h3-9,12,15-16,18,23H,10-11,13-14H2,1-2H3,(H2,26,27,28,29)/t23-/m0/s1. The number of aromatic nitrogens is 4. The number of ether oxygens (including phenoxy) is 1. The van der Waals surface area contributed by atoms with Crippen LogP contribution in [0.2, 0.25) is 0 Å². The molecule has 0 saturated carbocycles. The summed E-state index contributed by atoms with van der Waals surface area (Å²) in [5, 5.41) is 10.6. The molecular formula is C25H28N6O2. The first-order valence-electron chi connectivity index (χ1n) is 11.3. The molecule has 1 saturated heterocycles. The Hall–Kier alpha value is -3.65. The quantitative estimate of drug-likeness (QED) is 0.465. The molecule has 1 aromatic carbocycles. The highest BCUT2D eigenvalue weighted by Crippen LogP contribution is 2.31. The van der Waals surface area contributed by atoms with Gasteiger partial charge in [0.05, 0.1) is 11.2 Å². The minimum absolute atomic E-state index is 0.0206. The molecule has 4 aromatic rings. The molecule has 1 amide bonds. The molecule has 1 aliphatic heterocycles. The van der Waals surface area contributed by atoms with Gasteiger partial charge in [-0.3, -0.25) is 9.89 Å². The number of amides is 1. The predicted molar refractivity (Wildman–Crippen MR) is 127 cm³/mol. The average Bonchev–Trinajstić information content (AvgIpc) is 3.49. The number of rotatable bonds is 6. The second-order valence-electron chi connectivity index (χ2n) is 8.50.